The van der Waals surface area contributed by atoms with Gasteiger partial charge in [0.05, 0.1) is 11.1 Å². The molecule has 0 radical (unpaired) electrons. The van der Waals surface area contributed by atoms with E-state index in [2.05, 4.69) is 18.8 Å². The summed E-state index contributed by atoms with van der Waals surface area (Å²) in [6, 6.07) is 6.83. The quantitative estimate of drug-likeness (QED) is 0.236. The van der Waals surface area contributed by atoms with Crippen LogP contribution in [0, 0.1) is 5.92 Å². The predicted molar refractivity (Wildman–Crippen MR) is 131 cm³/mol. The normalized spacial score (nSPS) is 15.4. The van der Waals surface area contributed by atoms with Gasteiger partial charge in [0.15, 0.2) is 10.9 Å². The largest absolute Gasteiger partial charge is 0.325 e. The molecule has 1 N–H and O–H groups in total. The summed E-state index contributed by atoms with van der Waals surface area (Å²) in [5, 5.41) is 4.06. The zero-order valence-electron chi connectivity index (χ0n) is 18.1. The summed E-state index contributed by atoms with van der Waals surface area (Å²) in [6.45, 7) is 7.84. The van der Waals surface area contributed by atoms with Crippen molar-refractivity contribution in [2.24, 2.45) is 5.92 Å². The standard InChI is InChI=1S/C24H25N3O3S2/c1-4-10-27-23(30)21-18-9-8-14(2)11-19(18)32-22(21)26-24(27)31-13-20(29)25-17-7-5-6-16(12-17)15(3)28/h4-7,12,14H,1,8-11,13H2,2-3H3,(H,25,29)/t14-/m0/s1. The zero-order chi connectivity index (χ0) is 22.8. The lowest BCUT2D eigenvalue weighted by molar-refractivity contribution is -0.113. The Hall–Kier alpha value is -2.71. The van der Waals surface area contributed by atoms with E-state index in [0.717, 1.165) is 35.0 Å². The van der Waals surface area contributed by atoms with Gasteiger partial charge in [-0.3, -0.25) is 19.0 Å². The molecular formula is C24H25N3O3S2. The number of nitrogens with one attached hydrogen (secondary N) is 1. The van der Waals surface area contributed by atoms with Crippen LogP contribution in [-0.2, 0) is 24.2 Å². The molecule has 0 spiro atoms. The monoisotopic (exact) mass is 467 g/mol. The number of benzene rings is 1. The first-order chi connectivity index (χ1) is 15.4. The third-order valence-corrected chi connectivity index (χ3v) is 7.70. The van der Waals surface area contributed by atoms with Crippen molar-refractivity contribution in [3.05, 3.63) is 63.3 Å². The molecular weight excluding hydrogens is 442 g/mol. The number of carbonyl (C=O) groups excluding carboxylic acids is 2. The molecule has 0 fully saturated rings. The molecule has 1 atom stereocenters. The SMILES string of the molecule is C=CCn1c(SCC(=O)Nc2cccc(C(C)=O)c2)nc2sc3c(c2c1=O)CC[C@H](C)C3. The highest BCUT2D eigenvalue weighted by Gasteiger charge is 2.24. The molecule has 2 heterocycles. The first-order valence-electron chi connectivity index (χ1n) is 10.6. The molecule has 166 valence electrons. The summed E-state index contributed by atoms with van der Waals surface area (Å²) in [5.74, 6) is 0.426. The van der Waals surface area contributed by atoms with Gasteiger partial charge in [0.25, 0.3) is 5.56 Å². The van der Waals surface area contributed by atoms with Crippen LogP contribution in [-0.4, -0.2) is 27.0 Å². The van der Waals surface area contributed by atoms with Crippen molar-refractivity contribution >= 4 is 50.7 Å². The number of aryl methyl sites for hydroxylation is 1. The fraction of sp³-hybridized carbons (Fsp3) is 0.333. The summed E-state index contributed by atoms with van der Waals surface area (Å²) in [7, 11) is 0. The number of aromatic nitrogens is 2. The highest BCUT2D eigenvalue weighted by molar-refractivity contribution is 7.99. The van der Waals surface area contributed by atoms with Crippen LogP contribution in [0.5, 0.6) is 0 Å². The van der Waals surface area contributed by atoms with Gasteiger partial charge in [-0.25, -0.2) is 4.98 Å². The molecule has 0 bridgehead atoms. The number of carbonyl (C=O) groups is 2. The number of Topliss-reactive ketones (excluding diaryl/α,β-unsaturated/α-hetero) is 1. The average molecular weight is 468 g/mol. The predicted octanol–water partition coefficient (Wildman–Crippen LogP) is 4.70. The van der Waals surface area contributed by atoms with E-state index >= 15 is 0 Å². The second kappa shape index (κ2) is 9.42. The lowest BCUT2D eigenvalue weighted by Crippen LogP contribution is -2.24. The number of amides is 1. The zero-order valence-corrected chi connectivity index (χ0v) is 19.8. The molecule has 0 aliphatic heterocycles. The molecule has 0 saturated heterocycles. The minimum atomic E-state index is -0.227. The Kier molecular flexibility index (Phi) is 6.62. The Morgan fingerprint density at radius 1 is 1.41 bits per heavy atom. The fourth-order valence-electron chi connectivity index (χ4n) is 3.95. The van der Waals surface area contributed by atoms with Crippen molar-refractivity contribution in [3.8, 4) is 0 Å². The number of anilines is 1. The van der Waals surface area contributed by atoms with E-state index in [-0.39, 0.29) is 23.0 Å². The molecule has 1 aliphatic rings. The van der Waals surface area contributed by atoms with E-state index in [1.165, 1.54) is 23.6 Å². The molecule has 3 aromatic rings. The van der Waals surface area contributed by atoms with E-state index in [0.29, 0.717) is 28.9 Å². The Balaban J connectivity index is 1.58. The van der Waals surface area contributed by atoms with Gasteiger partial charge in [-0.15, -0.1) is 17.9 Å². The van der Waals surface area contributed by atoms with Crippen LogP contribution >= 0.6 is 23.1 Å². The number of fused-ring (bicyclic) bond motifs is 3. The molecule has 0 saturated carbocycles. The topological polar surface area (TPSA) is 81.1 Å². The van der Waals surface area contributed by atoms with Gasteiger partial charge in [0, 0.05) is 22.7 Å². The molecule has 1 aromatic carbocycles. The molecule has 1 amide bonds. The minimum Gasteiger partial charge on any atom is -0.325 e. The van der Waals surface area contributed by atoms with Crippen molar-refractivity contribution in [3.63, 3.8) is 0 Å². The number of hydrogen-bond donors (Lipinski definition) is 1. The van der Waals surface area contributed by atoms with Crippen molar-refractivity contribution in [2.45, 2.75) is 44.8 Å². The second-order valence-corrected chi connectivity index (χ2v) is 10.1. The van der Waals surface area contributed by atoms with E-state index in [9.17, 15) is 14.4 Å². The third-order valence-electron chi connectivity index (χ3n) is 5.58. The van der Waals surface area contributed by atoms with Crippen LogP contribution in [0.15, 0.2) is 46.9 Å². The summed E-state index contributed by atoms with van der Waals surface area (Å²) in [6.07, 6.45) is 4.66. The van der Waals surface area contributed by atoms with Gasteiger partial charge in [-0.05, 0) is 49.8 Å². The Morgan fingerprint density at radius 2 is 2.22 bits per heavy atom. The summed E-state index contributed by atoms with van der Waals surface area (Å²) >= 11 is 2.84. The van der Waals surface area contributed by atoms with Crippen LogP contribution in [0.1, 0.15) is 41.1 Å². The number of thiophene rings is 1. The van der Waals surface area contributed by atoms with E-state index in [4.69, 9.17) is 4.98 Å². The highest BCUT2D eigenvalue weighted by atomic mass is 32.2. The molecule has 32 heavy (non-hydrogen) atoms. The van der Waals surface area contributed by atoms with Gasteiger partial charge in [0.1, 0.15) is 4.83 Å². The Morgan fingerprint density at radius 3 is 2.97 bits per heavy atom. The van der Waals surface area contributed by atoms with Gasteiger partial charge < -0.3 is 5.32 Å². The van der Waals surface area contributed by atoms with E-state index < -0.39 is 0 Å². The van der Waals surface area contributed by atoms with E-state index in [1.807, 2.05) is 0 Å². The number of rotatable bonds is 7. The molecule has 0 unspecified atom stereocenters. The lowest BCUT2D eigenvalue weighted by atomic mass is 9.89. The van der Waals surface area contributed by atoms with Gasteiger partial charge in [0.2, 0.25) is 5.91 Å². The maximum Gasteiger partial charge on any atom is 0.263 e. The second-order valence-electron chi connectivity index (χ2n) is 8.10. The van der Waals surface area contributed by atoms with Crippen molar-refractivity contribution < 1.29 is 9.59 Å². The van der Waals surface area contributed by atoms with Crippen LogP contribution in [0.25, 0.3) is 10.2 Å². The minimum absolute atomic E-state index is 0.0565. The highest BCUT2D eigenvalue weighted by Crippen LogP contribution is 2.36. The number of thioether (sulfide) groups is 1. The molecule has 6 nitrogen and oxygen atoms in total. The maximum absolute atomic E-state index is 13.3. The average Bonchev–Trinajstić information content (AvgIpc) is 3.12. The van der Waals surface area contributed by atoms with Gasteiger partial charge in [-0.1, -0.05) is 36.9 Å². The lowest BCUT2D eigenvalue weighted by Gasteiger charge is -2.17. The molecule has 8 heteroatoms. The number of allylic oxidation sites excluding steroid dienone is 1. The summed E-state index contributed by atoms with van der Waals surface area (Å²) < 4.78 is 1.61. The maximum atomic E-state index is 13.3. The van der Waals surface area contributed by atoms with Crippen LogP contribution in [0.3, 0.4) is 0 Å². The van der Waals surface area contributed by atoms with Crippen LogP contribution < -0.4 is 10.9 Å². The number of ketones is 1. The fourth-order valence-corrected chi connectivity index (χ4v) is 6.18. The van der Waals surface area contributed by atoms with Gasteiger partial charge in [-0.2, -0.15) is 0 Å². The Labute approximate surface area is 194 Å². The summed E-state index contributed by atoms with van der Waals surface area (Å²) in [4.78, 5) is 44.2. The number of nitrogens with zero attached hydrogens (tertiary/aromatic N) is 2. The molecule has 2 aromatic heterocycles. The van der Waals surface area contributed by atoms with Crippen molar-refractivity contribution in [1.82, 2.24) is 9.55 Å². The first-order valence-corrected chi connectivity index (χ1v) is 12.4. The van der Waals surface area contributed by atoms with E-state index in [1.54, 1.807) is 46.2 Å². The number of hydrogen-bond acceptors (Lipinski definition) is 6. The molecule has 1 aliphatic carbocycles. The first kappa shape index (κ1) is 22.5. The third kappa shape index (κ3) is 4.56. The van der Waals surface area contributed by atoms with Crippen LogP contribution in [0.4, 0.5) is 5.69 Å². The van der Waals surface area contributed by atoms with Crippen molar-refractivity contribution in [1.29, 1.82) is 0 Å². The smallest absolute Gasteiger partial charge is 0.263 e. The molecule has 4 rings (SSSR count). The summed E-state index contributed by atoms with van der Waals surface area (Å²) in [5.41, 5.74) is 2.20. The Bertz CT molecular complexity index is 1280. The van der Waals surface area contributed by atoms with Crippen molar-refractivity contribution in [2.75, 3.05) is 11.1 Å². The van der Waals surface area contributed by atoms with Gasteiger partial charge >= 0.3 is 0 Å². The van der Waals surface area contributed by atoms with Crippen LogP contribution in [0.2, 0.25) is 0 Å².